The Bertz CT molecular complexity index is 720. The summed E-state index contributed by atoms with van der Waals surface area (Å²) in [5.74, 6) is 7.62. The molecule has 206 valence electrons. The maximum Gasteiger partial charge on any atom is 0.173 e. The maximum atomic E-state index is 4.84. The Morgan fingerprint density at radius 3 is 1.25 bits per heavy atom. The van der Waals surface area contributed by atoms with Crippen LogP contribution in [0.15, 0.2) is 18.7 Å². The van der Waals surface area contributed by atoms with Crippen LogP contribution in [0.3, 0.4) is 0 Å². The van der Waals surface area contributed by atoms with Crippen LogP contribution in [0, 0.1) is 53.3 Å². The molecule has 2 nitrogen and oxygen atoms in total. The van der Waals surface area contributed by atoms with Crippen LogP contribution in [0.5, 0.6) is 0 Å². The molecule has 0 saturated heterocycles. The Hall–Kier alpha value is -0.573. The second-order valence-corrected chi connectivity index (χ2v) is 19.7. The zero-order valence-electron chi connectivity index (χ0n) is 25.4. The van der Waals surface area contributed by atoms with Gasteiger partial charge in [0.2, 0.25) is 0 Å². The van der Waals surface area contributed by atoms with E-state index in [1.54, 1.807) is 0 Å². The summed E-state index contributed by atoms with van der Waals surface area (Å²) in [5, 5.41) is 0. The van der Waals surface area contributed by atoms with Crippen molar-refractivity contribution in [3.63, 3.8) is 0 Å². The molecule has 9 unspecified atom stereocenters. The predicted octanol–water partition coefficient (Wildman–Crippen LogP) is 10.1. The first-order valence-electron chi connectivity index (χ1n) is 16.1. The highest BCUT2D eigenvalue weighted by atomic mass is 28.3. The predicted molar refractivity (Wildman–Crippen MR) is 159 cm³/mol. The average molecular weight is 513 g/mol. The van der Waals surface area contributed by atoms with Crippen molar-refractivity contribution >= 4 is 8.24 Å². The normalized spacial score (nSPS) is 40.1. The molecule has 3 saturated carbocycles. The van der Waals surface area contributed by atoms with Gasteiger partial charge >= 0.3 is 0 Å². The number of imidazole rings is 1. The van der Waals surface area contributed by atoms with Crippen LogP contribution in [0.4, 0.5) is 0 Å². The molecule has 3 heteroatoms. The van der Waals surface area contributed by atoms with Gasteiger partial charge < -0.3 is 4.23 Å². The van der Waals surface area contributed by atoms with Crippen LogP contribution in [0.25, 0.3) is 0 Å². The highest BCUT2D eigenvalue weighted by molar-refractivity contribution is 6.82. The quantitative estimate of drug-likeness (QED) is 0.332. The smallest absolute Gasteiger partial charge is 0.173 e. The van der Waals surface area contributed by atoms with Crippen molar-refractivity contribution in [3.8, 4) is 0 Å². The van der Waals surface area contributed by atoms with E-state index >= 15 is 0 Å². The van der Waals surface area contributed by atoms with Crippen LogP contribution in [0.1, 0.15) is 120 Å². The summed E-state index contributed by atoms with van der Waals surface area (Å²) in [6.07, 6.45) is 20.1. The van der Waals surface area contributed by atoms with E-state index in [9.17, 15) is 0 Å². The lowest BCUT2D eigenvalue weighted by atomic mass is 9.75. The minimum Gasteiger partial charge on any atom is -0.363 e. The van der Waals surface area contributed by atoms with Crippen molar-refractivity contribution < 1.29 is 0 Å². The van der Waals surface area contributed by atoms with Crippen LogP contribution >= 0.6 is 0 Å². The molecule has 0 aromatic carbocycles. The number of nitrogens with zero attached hydrogens (tertiary/aromatic N) is 2. The molecule has 0 radical (unpaired) electrons. The first-order valence-corrected chi connectivity index (χ1v) is 18.2. The molecule has 1 aromatic rings. The molecule has 0 bridgehead atoms. The molecule has 0 spiro atoms. The molecular formula is C33H60N2Si. The van der Waals surface area contributed by atoms with Gasteiger partial charge in [-0.1, -0.05) is 81.6 Å². The standard InChI is InChI=1S/C33H60N2Si/c1-22(2)28-13-10-25(7)18-31(28)36(35-17-16-34-21-35,32-19-26(8)11-14-29(32)23(3)4)33-20-27(9)12-15-30(33)24(5)6/h16-17,21-33H,10-15,18-20H2,1-9H3. The minimum atomic E-state index is -2.07. The summed E-state index contributed by atoms with van der Waals surface area (Å²) < 4.78 is 2.92. The van der Waals surface area contributed by atoms with E-state index in [4.69, 9.17) is 4.98 Å². The van der Waals surface area contributed by atoms with Gasteiger partial charge in [0.15, 0.2) is 8.24 Å². The van der Waals surface area contributed by atoms with Gasteiger partial charge in [-0.05, 0) is 108 Å². The number of rotatable bonds is 7. The zero-order chi connectivity index (χ0) is 26.2. The number of hydrogen-bond acceptors (Lipinski definition) is 1. The molecular weight excluding hydrogens is 452 g/mol. The van der Waals surface area contributed by atoms with Crippen molar-refractivity contribution in [2.75, 3.05) is 0 Å². The van der Waals surface area contributed by atoms with E-state index in [0.29, 0.717) is 0 Å². The molecule has 3 aliphatic carbocycles. The highest BCUT2D eigenvalue weighted by Gasteiger charge is 2.62. The van der Waals surface area contributed by atoms with E-state index < -0.39 is 8.24 Å². The number of hydrogen-bond donors (Lipinski definition) is 0. The Morgan fingerprint density at radius 1 is 0.611 bits per heavy atom. The summed E-state index contributed by atoms with van der Waals surface area (Å²) in [7, 11) is -2.07. The SMILES string of the molecule is CC1CCC(C(C)C)C([Si](C2CC(C)CCC2C(C)C)(C2CC(C)CCC2C(C)C)n2ccnc2)C1. The van der Waals surface area contributed by atoms with Crippen LogP contribution in [-0.2, 0) is 0 Å². The van der Waals surface area contributed by atoms with Crippen molar-refractivity contribution in [1.29, 1.82) is 0 Å². The lowest BCUT2D eigenvalue weighted by Gasteiger charge is -2.61. The topological polar surface area (TPSA) is 17.8 Å². The van der Waals surface area contributed by atoms with Crippen LogP contribution in [-0.4, -0.2) is 17.5 Å². The second-order valence-electron chi connectivity index (χ2n) is 15.2. The van der Waals surface area contributed by atoms with Crippen LogP contribution < -0.4 is 0 Å². The van der Waals surface area contributed by atoms with Gasteiger partial charge in [-0.25, -0.2) is 4.98 Å². The van der Waals surface area contributed by atoms with Gasteiger partial charge in [-0.3, -0.25) is 0 Å². The maximum absolute atomic E-state index is 4.84. The lowest BCUT2D eigenvalue weighted by Crippen LogP contribution is -2.63. The fraction of sp³-hybridized carbons (Fsp3) is 0.909. The fourth-order valence-electron chi connectivity index (χ4n) is 10.1. The lowest BCUT2D eigenvalue weighted by molar-refractivity contribution is 0.173. The molecule has 0 amide bonds. The third kappa shape index (κ3) is 5.30. The Kier molecular flexibility index (Phi) is 9.21. The van der Waals surface area contributed by atoms with Crippen molar-refractivity contribution in [1.82, 2.24) is 9.22 Å². The summed E-state index contributed by atoms with van der Waals surface area (Å²) >= 11 is 0. The molecule has 9 atom stereocenters. The van der Waals surface area contributed by atoms with E-state index in [-0.39, 0.29) is 0 Å². The monoisotopic (exact) mass is 512 g/mol. The molecule has 3 aliphatic rings. The molecule has 36 heavy (non-hydrogen) atoms. The van der Waals surface area contributed by atoms with Crippen molar-refractivity contribution in [2.45, 2.75) is 137 Å². The molecule has 0 N–H and O–H groups in total. The van der Waals surface area contributed by atoms with E-state index in [1.165, 1.54) is 57.8 Å². The Morgan fingerprint density at radius 2 is 0.972 bits per heavy atom. The van der Waals surface area contributed by atoms with Gasteiger partial charge in [-0.2, -0.15) is 0 Å². The fourth-order valence-corrected chi connectivity index (χ4v) is 19.5. The van der Waals surface area contributed by atoms with Crippen molar-refractivity contribution in [3.05, 3.63) is 18.7 Å². The molecule has 3 fully saturated rings. The summed E-state index contributed by atoms with van der Waals surface area (Å²) in [6, 6.07) is 0. The van der Waals surface area contributed by atoms with Gasteiger partial charge in [0.1, 0.15) is 0 Å². The van der Waals surface area contributed by atoms with Gasteiger partial charge in [0.05, 0.1) is 6.33 Å². The Balaban J connectivity index is 2.01. The summed E-state index contributed by atoms with van der Waals surface area (Å²) in [5.41, 5.74) is 2.68. The van der Waals surface area contributed by atoms with Crippen LogP contribution in [0.2, 0.25) is 16.6 Å². The van der Waals surface area contributed by atoms with E-state index in [0.717, 1.165) is 69.9 Å². The van der Waals surface area contributed by atoms with Gasteiger partial charge in [0.25, 0.3) is 0 Å². The largest absolute Gasteiger partial charge is 0.363 e. The molecule has 0 aliphatic heterocycles. The Labute approximate surface area is 225 Å². The first-order chi connectivity index (χ1) is 17.1. The summed E-state index contributed by atoms with van der Waals surface area (Å²) in [6.45, 7) is 23.1. The molecule has 1 heterocycles. The minimum absolute atomic E-state index is 0.787. The molecule has 4 rings (SSSR count). The zero-order valence-corrected chi connectivity index (χ0v) is 26.4. The third-order valence-electron chi connectivity index (χ3n) is 11.8. The highest BCUT2D eigenvalue weighted by Crippen LogP contribution is 2.64. The first kappa shape index (κ1) is 28.4. The van der Waals surface area contributed by atoms with E-state index in [2.05, 4.69) is 85.3 Å². The average Bonchev–Trinajstić information content (AvgIpc) is 3.34. The number of aromatic nitrogens is 2. The van der Waals surface area contributed by atoms with Gasteiger partial charge in [-0.15, -0.1) is 0 Å². The van der Waals surface area contributed by atoms with Gasteiger partial charge in [0, 0.05) is 12.4 Å². The van der Waals surface area contributed by atoms with Crippen molar-refractivity contribution in [2.24, 2.45) is 53.3 Å². The molecule has 1 aromatic heterocycles. The third-order valence-corrected chi connectivity index (χ3v) is 18.5. The second kappa shape index (κ2) is 11.7. The van der Waals surface area contributed by atoms with E-state index in [1.807, 2.05) is 0 Å². The summed E-state index contributed by atoms with van der Waals surface area (Å²) in [4.78, 5) is 4.84.